The van der Waals surface area contributed by atoms with Crippen LogP contribution in [0.2, 0.25) is 0 Å². The second-order valence-corrected chi connectivity index (χ2v) is 5.15. The number of nitrogens with zero attached hydrogens (tertiary/aromatic N) is 1. The van der Waals surface area contributed by atoms with Gasteiger partial charge in [0.05, 0.1) is 6.07 Å². The lowest BCUT2D eigenvalue weighted by Crippen LogP contribution is -2.10. The van der Waals surface area contributed by atoms with Gasteiger partial charge in [-0.05, 0) is 37.3 Å². The van der Waals surface area contributed by atoms with Crippen LogP contribution in [0.4, 0.5) is 10.1 Å². The molecule has 1 atom stereocenters. The fourth-order valence-corrected chi connectivity index (χ4v) is 2.11. The Balaban J connectivity index is 2.28. The van der Waals surface area contributed by atoms with Crippen molar-refractivity contribution in [2.75, 3.05) is 5.32 Å². The maximum Gasteiger partial charge on any atom is 0.143 e. The zero-order chi connectivity index (χ0) is 13.8. The molecule has 0 amide bonds. The Bertz CT molecular complexity index is 617. The number of nitriles is 1. The van der Waals surface area contributed by atoms with Gasteiger partial charge < -0.3 is 5.32 Å². The normalized spacial score (nSPS) is 11.7. The number of rotatable bonds is 3. The van der Waals surface area contributed by atoms with Gasteiger partial charge in [0.15, 0.2) is 0 Å². The Kier molecular flexibility index (Phi) is 4.18. The summed E-state index contributed by atoms with van der Waals surface area (Å²) in [5.41, 5.74) is 2.25. The van der Waals surface area contributed by atoms with Crippen LogP contribution in [0.15, 0.2) is 46.9 Å². The first-order valence-corrected chi connectivity index (χ1v) is 6.57. The van der Waals surface area contributed by atoms with Gasteiger partial charge >= 0.3 is 0 Å². The van der Waals surface area contributed by atoms with E-state index in [0.29, 0.717) is 5.56 Å². The van der Waals surface area contributed by atoms with Crippen LogP contribution in [0.5, 0.6) is 0 Å². The van der Waals surface area contributed by atoms with E-state index in [1.54, 1.807) is 12.1 Å². The molecule has 4 heteroatoms. The van der Waals surface area contributed by atoms with E-state index in [1.807, 2.05) is 31.2 Å². The molecule has 0 aliphatic carbocycles. The van der Waals surface area contributed by atoms with E-state index in [9.17, 15) is 9.65 Å². The molecule has 0 aromatic heterocycles. The van der Waals surface area contributed by atoms with Crippen molar-refractivity contribution in [1.29, 1.82) is 5.26 Å². The van der Waals surface area contributed by atoms with Crippen LogP contribution in [0.1, 0.15) is 17.2 Å². The average molecular weight is 319 g/mol. The van der Waals surface area contributed by atoms with Crippen LogP contribution in [-0.4, -0.2) is 0 Å². The molecule has 0 saturated heterocycles. The molecule has 0 heterocycles. The number of benzene rings is 2. The van der Waals surface area contributed by atoms with Crippen molar-refractivity contribution in [2.24, 2.45) is 0 Å². The minimum Gasteiger partial charge on any atom is -0.366 e. The van der Waals surface area contributed by atoms with E-state index in [1.165, 1.54) is 6.07 Å². The van der Waals surface area contributed by atoms with Crippen LogP contribution in [0, 0.1) is 24.1 Å². The first-order chi connectivity index (χ1) is 9.10. The van der Waals surface area contributed by atoms with E-state index < -0.39 is 11.9 Å². The molecule has 0 saturated carbocycles. The average Bonchev–Trinajstić information content (AvgIpc) is 2.41. The Morgan fingerprint density at radius 3 is 2.53 bits per heavy atom. The summed E-state index contributed by atoms with van der Waals surface area (Å²) in [5, 5.41) is 12.2. The van der Waals surface area contributed by atoms with Gasteiger partial charge in [0.25, 0.3) is 0 Å². The van der Waals surface area contributed by atoms with Crippen molar-refractivity contribution in [2.45, 2.75) is 13.0 Å². The number of halogens is 2. The third-order valence-corrected chi connectivity index (χ3v) is 3.25. The molecule has 2 aromatic carbocycles. The molecule has 1 N–H and O–H groups in total. The van der Waals surface area contributed by atoms with Gasteiger partial charge in [0, 0.05) is 15.7 Å². The Morgan fingerprint density at radius 1 is 1.21 bits per heavy atom. The highest BCUT2D eigenvalue weighted by Crippen LogP contribution is 2.24. The van der Waals surface area contributed by atoms with Gasteiger partial charge in [-0.15, -0.1) is 0 Å². The third-order valence-electron chi connectivity index (χ3n) is 2.76. The summed E-state index contributed by atoms with van der Waals surface area (Å²) in [6.45, 7) is 1.99. The standard InChI is InChI=1S/C15H12BrFN2/c1-10-2-5-12(6-3-10)19-15(9-18)13-8-11(16)4-7-14(13)17/h2-8,15,19H,1H3. The summed E-state index contributed by atoms with van der Waals surface area (Å²) in [6.07, 6.45) is 0. The number of hydrogen-bond donors (Lipinski definition) is 1. The Hall–Kier alpha value is -1.86. The molecule has 19 heavy (non-hydrogen) atoms. The number of nitrogens with one attached hydrogen (secondary N) is 1. The molecule has 0 radical (unpaired) electrons. The fraction of sp³-hybridized carbons (Fsp3) is 0.133. The van der Waals surface area contributed by atoms with Crippen molar-refractivity contribution in [1.82, 2.24) is 0 Å². The summed E-state index contributed by atoms with van der Waals surface area (Å²) in [5.74, 6) is -0.394. The minimum atomic E-state index is -0.722. The lowest BCUT2D eigenvalue weighted by atomic mass is 10.1. The van der Waals surface area contributed by atoms with E-state index in [2.05, 4.69) is 27.3 Å². The molecule has 2 aromatic rings. The van der Waals surface area contributed by atoms with E-state index in [0.717, 1.165) is 15.7 Å². The molecule has 0 spiro atoms. The fourth-order valence-electron chi connectivity index (χ4n) is 1.73. The Morgan fingerprint density at radius 2 is 1.89 bits per heavy atom. The highest BCUT2D eigenvalue weighted by atomic mass is 79.9. The summed E-state index contributed by atoms with van der Waals surface area (Å²) in [7, 11) is 0. The first kappa shape index (κ1) is 13.6. The SMILES string of the molecule is Cc1ccc(NC(C#N)c2cc(Br)ccc2F)cc1. The van der Waals surface area contributed by atoms with Crippen LogP contribution in [0.3, 0.4) is 0 Å². The summed E-state index contributed by atoms with van der Waals surface area (Å²) in [4.78, 5) is 0. The topological polar surface area (TPSA) is 35.8 Å². The largest absolute Gasteiger partial charge is 0.366 e. The number of anilines is 1. The van der Waals surface area contributed by atoms with Gasteiger partial charge in [0.2, 0.25) is 0 Å². The van der Waals surface area contributed by atoms with Crippen LogP contribution >= 0.6 is 15.9 Å². The lowest BCUT2D eigenvalue weighted by molar-refractivity contribution is 0.607. The van der Waals surface area contributed by atoms with Crippen LogP contribution in [0.25, 0.3) is 0 Å². The second kappa shape index (κ2) is 5.85. The molecular formula is C15H12BrFN2. The number of hydrogen-bond acceptors (Lipinski definition) is 2. The maximum absolute atomic E-state index is 13.8. The van der Waals surface area contributed by atoms with Crippen molar-refractivity contribution in [3.63, 3.8) is 0 Å². The molecule has 0 fully saturated rings. The zero-order valence-corrected chi connectivity index (χ0v) is 11.9. The molecule has 96 valence electrons. The maximum atomic E-state index is 13.8. The summed E-state index contributed by atoms with van der Waals surface area (Å²) in [6, 6.07) is 13.5. The monoisotopic (exact) mass is 318 g/mol. The number of aryl methyl sites for hydroxylation is 1. The van der Waals surface area contributed by atoms with Crippen LogP contribution < -0.4 is 5.32 Å². The highest BCUT2D eigenvalue weighted by molar-refractivity contribution is 9.10. The van der Waals surface area contributed by atoms with Crippen molar-refractivity contribution in [3.05, 3.63) is 63.9 Å². The van der Waals surface area contributed by atoms with E-state index >= 15 is 0 Å². The molecule has 0 bridgehead atoms. The van der Waals surface area contributed by atoms with Gasteiger partial charge in [0.1, 0.15) is 11.9 Å². The predicted molar refractivity (Wildman–Crippen MR) is 77.3 cm³/mol. The molecule has 0 aliphatic heterocycles. The van der Waals surface area contributed by atoms with Gasteiger partial charge in [-0.1, -0.05) is 33.6 Å². The second-order valence-electron chi connectivity index (χ2n) is 4.24. The Labute approximate surface area is 120 Å². The summed E-state index contributed by atoms with van der Waals surface area (Å²) < 4.78 is 14.5. The van der Waals surface area contributed by atoms with Gasteiger partial charge in [-0.25, -0.2) is 4.39 Å². The molecule has 2 rings (SSSR count). The smallest absolute Gasteiger partial charge is 0.143 e. The van der Waals surface area contributed by atoms with Crippen LogP contribution in [-0.2, 0) is 0 Å². The van der Waals surface area contributed by atoms with Crippen molar-refractivity contribution >= 4 is 21.6 Å². The molecule has 0 aliphatic rings. The zero-order valence-electron chi connectivity index (χ0n) is 10.3. The van der Waals surface area contributed by atoms with Gasteiger partial charge in [-0.2, -0.15) is 5.26 Å². The molecular weight excluding hydrogens is 307 g/mol. The quantitative estimate of drug-likeness (QED) is 0.899. The van der Waals surface area contributed by atoms with E-state index in [4.69, 9.17) is 0 Å². The predicted octanol–water partition coefficient (Wildman–Crippen LogP) is 4.57. The third kappa shape index (κ3) is 3.33. The highest BCUT2D eigenvalue weighted by Gasteiger charge is 2.15. The first-order valence-electron chi connectivity index (χ1n) is 5.78. The minimum absolute atomic E-state index is 0.331. The van der Waals surface area contributed by atoms with Gasteiger partial charge in [-0.3, -0.25) is 0 Å². The lowest BCUT2D eigenvalue weighted by Gasteiger charge is -2.14. The summed E-state index contributed by atoms with van der Waals surface area (Å²) >= 11 is 3.28. The van der Waals surface area contributed by atoms with Crippen molar-refractivity contribution in [3.8, 4) is 6.07 Å². The molecule has 2 nitrogen and oxygen atoms in total. The van der Waals surface area contributed by atoms with Crippen molar-refractivity contribution < 1.29 is 4.39 Å². The molecule has 1 unspecified atom stereocenters. The van der Waals surface area contributed by atoms with E-state index in [-0.39, 0.29) is 0 Å².